The number of benzene rings is 2. The van der Waals surface area contributed by atoms with Crippen LogP contribution in [0.15, 0.2) is 47.4 Å². The zero-order valence-corrected chi connectivity index (χ0v) is 19.6. The smallest absolute Gasteiger partial charge is 0.186 e. The van der Waals surface area contributed by atoms with Crippen molar-refractivity contribution in [2.75, 3.05) is 43.3 Å². The molecular weight excluding hydrogens is 460 g/mol. The summed E-state index contributed by atoms with van der Waals surface area (Å²) in [7, 11) is 1.94. The molecule has 0 saturated heterocycles. The highest BCUT2D eigenvalue weighted by molar-refractivity contribution is 8.00. The van der Waals surface area contributed by atoms with Crippen molar-refractivity contribution in [2.45, 2.75) is 11.8 Å². The van der Waals surface area contributed by atoms with Crippen molar-refractivity contribution in [2.24, 2.45) is 0 Å². The minimum absolute atomic E-state index is 0.111. The van der Waals surface area contributed by atoms with Gasteiger partial charge in [0.15, 0.2) is 11.5 Å². The van der Waals surface area contributed by atoms with Gasteiger partial charge in [-0.25, -0.2) is 18.7 Å². The number of fused-ring (bicyclic) bond motifs is 1. The van der Waals surface area contributed by atoms with Crippen LogP contribution in [0.4, 0.5) is 20.3 Å². The van der Waals surface area contributed by atoms with Crippen molar-refractivity contribution in [3.05, 3.63) is 59.8 Å². The molecule has 2 aromatic heterocycles. The normalized spacial score (nSPS) is 11.4. The van der Waals surface area contributed by atoms with Gasteiger partial charge in [0, 0.05) is 36.6 Å². The van der Waals surface area contributed by atoms with Crippen LogP contribution in [0.1, 0.15) is 5.69 Å². The van der Waals surface area contributed by atoms with Crippen LogP contribution in [0.5, 0.6) is 0 Å². The van der Waals surface area contributed by atoms with E-state index in [0.29, 0.717) is 30.4 Å². The minimum atomic E-state index is -0.494. The molecule has 0 spiro atoms. The van der Waals surface area contributed by atoms with Gasteiger partial charge in [0.1, 0.15) is 17.5 Å². The molecule has 0 atom stereocenters. The van der Waals surface area contributed by atoms with Gasteiger partial charge in [0.25, 0.3) is 0 Å². The third kappa shape index (κ3) is 5.61. The molecule has 0 aliphatic carbocycles. The molecule has 0 amide bonds. The molecule has 8 nitrogen and oxygen atoms in total. The molecule has 0 saturated carbocycles. The Morgan fingerprint density at radius 2 is 1.88 bits per heavy atom. The van der Waals surface area contributed by atoms with Gasteiger partial charge in [-0.2, -0.15) is 5.10 Å². The van der Waals surface area contributed by atoms with Crippen molar-refractivity contribution >= 4 is 34.5 Å². The van der Waals surface area contributed by atoms with E-state index in [1.54, 1.807) is 0 Å². The SMILES string of the molecule is Cc1[nH]nc2nc(-c3ccc(NSc4cc(F)ccc4F)cc3)nc(NCCN(C)CCO)c12. The number of aromatic nitrogens is 4. The standard InChI is InChI=1S/C23H25F2N7OS/c1-14-20-22(26-9-10-32(2)11-12-33)27-21(28-23(20)30-29-14)15-3-6-17(7-4-15)31-34-19-13-16(24)5-8-18(19)25/h3-8,13,31,33H,9-12H2,1-2H3,(H2,26,27,28,29,30). The van der Waals surface area contributed by atoms with Crippen LogP contribution in [0.3, 0.4) is 0 Å². The number of rotatable bonds is 10. The first-order valence-corrected chi connectivity index (χ1v) is 11.5. The number of hydrogen-bond acceptors (Lipinski definition) is 8. The average molecular weight is 486 g/mol. The summed E-state index contributed by atoms with van der Waals surface area (Å²) in [5, 5.41) is 20.5. The van der Waals surface area contributed by atoms with Gasteiger partial charge in [-0.1, -0.05) is 0 Å². The Kier molecular flexibility index (Phi) is 7.56. The van der Waals surface area contributed by atoms with Crippen LogP contribution >= 0.6 is 11.9 Å². The largest absolute Gasteiger partial charge is 0.395 e. The summed E-state index contributed by atoms with van der Waals surface area (Å²) in [6.45, 7) is 4.01. The molecule has 2 aromatic carbocycles. The summed E-state index contributed by atoms with van der Waals surface area (Å²) in [5.74, 6) is 0.212. The first-order valence-electron chi connectivity index (χ1n) is 10.7. The number of H-pyrrole nitrogens is 1. The first kappa shape index (κ1) is 23.9. The van der Waals surface area contributed by atoms with Crippen LogP contribution in [-0.4, -0.2) is 63.5 Å². The molecule has 0 unspecified atom stereocenters. The average Bonchev–Trinajstić information content (AvgIpc) is 3.21. The van der Waals surface area contributed by atoms with Gasteiger partial charge in [0.2, 0.25) is 0 Å². The highest BCUT2D eigenvalue weighted by Crippen LogP contribution is 2.28. The lowest BCUT2D eigenvalue weighted by molar-refractivity contribution is 0.225. The van der Waals surface area contributed by atoms with Crippen LogP contribution in [-0.2, 0) is 0 Å². The topological polar surface area (TPSA) is 102 Å². The van der Waals surface area contributed by atoms with Crippen LogP contribution in [0, 0.1) is 18.6 Å². The monoisotopic (exact) mass is 485 g/mol. The fourth-order valence-corrected chi connectivity index (χ4v) is 4.03. The lowest BCUT2D eigenvalue weighted by atomic mass is 10.2. The van der Waals surface area contributed by atoms with Gasteiger partial charge in [0.05, 0.1) is 16.9 Å². The number of halogens is 2. The summed E-state index contributed by atoms with van der Waals surface area (Å²) in [6, 6.07) is 10.7. The predicted octanol–water partition coefficient (Wildman–Crippen LogP) is 4.06. The molecule has 0 bridgehead atoms. The molecule has 4 N–H and O–H groups in total. The van der Waals surface area contributed by atoms with E-state index in [0.717, 1.165) is 59.0 Å². The third-order valence-electron chi connectivity index (χ3n) is 5.18. The van der Waals surface area contributed by atoms with Crippen LogP contribution in [0.25, 0.3) is 22.4 Å². The van der Waals surface area contributed by atoms with Crippen molar-refractivity contribution in [3.63, 3.8) is 0 Å². The maximum absolute atomic E-state index is 13.8. The molecule has 0 aliphatic rings. The molecule has 0 fully saturated rings. The number of nitrogens with zero attached hydrogens (tertiary/aromatic N) is 4. The van der Waals surface area contributed by atoms with E-state index in [9.17, 15) is 8.78 Å². The lowest BCUT2D eigenvalue weighted by Crippen LogP contribution is -2.28. The van der Waals surface area contributed by atoms with Gasteiger partial charge in [-0.3, -0.25) is 5.10 Å². The second kappa shape index (κ2) is 10.8. The molecule has 11 heteroatoms. The number of hydrogen-bond donors (Lipinski definition) is 4. The maximum Gasteiger partial charge on any atom is 0.186 e. The highest BCUT2D eigenvalue weighted by Gasteiger charge is 2.14. The Bertz CT molecular complexity index is 1270. The number of nitrogens with one attached hydrogen (secondary N) is 3. The fourth-order valence-electron chi connectivity index (χ4n) is 3.33. The van der Waals surface area contributed by atoms with Crippen molar-refractivity contribution in [3.8, 4) is 11.4 Å². The summed E-state index contributed by atoms with van der Waals surface area (Å²) in [6.07, 6.45) is 0. The molecule has 34 heavy (non-hydrogen) atoms. The van der Waals surface area contributed by atoms with E-state index >= 15 is 0 Å². The van der Waals surface area contributed by atoms with E-state index < -0.39 is 11.6 Å². The van der Waals surface area contributed by atoms with E-state index in [2.05, 4.69) is 25.2 Å². The summed E-state index contributed by atoms with van der Waals surface area (Å²) in [4.78, 5) is 11.5. The van der Waals surface area contributed by atoms with Crippen molar-refractivity contribution in [1.29, 1.82) is 0 Å². The number of aromatic amines is 1. The van der Waals surface area contributed by atoms with Crippen LogP contribution in [0.2, 0.25) is 0 Å². The van der Waals surface area contributed by atoms with Crippen molar-refractivity contribution < 1.29 is 13.9 Å². The second-order valence-electron chi connectivity index (χ2n) is 7.75. The van der Waals surface area contributed by atoms with Gasteiger partial charge in [-0.15, -0.1) is 0 Å². The number of aryl methyl sites for hydroxylation is 1. The minimum Gasteiger partial charge on any atom is -0.395 e. The fraction of sp³-hybridized carbons (Fsp3) is 0.261. The number of aliphatic hydroxyl groups is 1. The Balaban J connectivity index is 1.50. The summed E-state index contributed by atoms with van der Waals surface area (Å²) >= 11 is 0.998. The molecule has 4 aromatic rings. The molecule has 0 radical (unpaired) electrons. The molecule has 4 rings (SSSR count). The summed E-state index contributed by atoms with van der Waals surface area (Å²) < 4.78 is 30.2. The highest BCUT2D eigenvalue weighted by atomic mass is 32.2. The lowest BCUT2D eigenvalue weighted by Gasteiger charge is -2.16. The molecular formula is C23H25F2N7OS. The Morgan fingerprint density at radius 3 is 2.65 bits per heavy atom. The molecule has 0 aliphatic heterocycles. The molecule has 178 valence electrons. The van der Waals surface area contributed by atoms with Gasteiger partial charge >= 0.3 is 0 Å². The third-order valence-corrected chi connectivity index (χ3v) is 6.05. The molecule has 2 heterocycles. The zero-order chi connectivity index (χ0) is 24.1. The Labute approximate surface area is 199 Å². The Hall–Kier alpha value is -3.28. The van der Waals surface area contributed by atoms with Gasteiger partial charge < -0.3 is 20.0 Å². The number of likely N-dealkylation sites (N-methyl/N-ethyl adjacent to an activating group) is 1. The number of aliphatic hydroxyl groups excluding tert-OH is 1. The summed E-state index contributed by atoms with van der Waals surface area (Å²) in [5.41, 5.74) is 2.94. The van der Waals surface area contributed by atoms with E-state index in [4.69, 9.17) is 10.1 Å². The Morgan fingerprint density at radius 1 is 1.09 bits per heavy atom. The zero-order valence-electron chi connectivity index (χ0n) is 18.8. The van der Waals surface area contributed by atoms with Gasteiger partial charge in [-0.05, 0) is 68.4 Å². The number of anilines is 2. The maximum atomic E-state index is 13.8. The van der Waals surface area contributed by atoms with E-state index in [-0.39, 0.29) is 11.5 Å². The van der Waals surface area contributed by atoms with Crippen LogP contribution < -0.4 is 10.0 Å². The van der Waals surface area contributed by atoms with E-state index in [1.165, 1.54) is 0 Å². The first-order chi connectivity index (χ1) is 16.4. The van der Waals surface area contributed by atoms with Crippen molar-refractivity contribution in [1.82, 2.24) is 25.1 Å². The quantitative estimate of drug-likeness (QED) is 0.250. The van der Waals surface area contributed by atoms with E-state index in [1.807, 2.05) is 43.1 Å². The second-order valence-corrected chi connectivity index (χ2v) is 8.60. The predicted molar refractivity (Wildman–Crippen MR) is 131 cm³/mol.